The van der Waals surface area contributed by atoms with E-state index in [2.05, 4.69) is 5.32 Å². The summed E-state index contributed by atoms with van der Waals surface area (Å²) in [5, 5.41) is 14.2. The van der Waals surface area contributed by atoms with Crippen molar-refractivity contribution < 1.29 is 9.90 Å². The Labute approximate surface area is 112 Å². The highest BCUT2D eigenvalue weighted by Crippen LogP contribution is 2.44. The molecule has 1 saturated carbocycles. The van der Waals surface area contributed by atoms with Gasteiger partial charge in [-0.15, -0.1) is 11.8 Å². The van der Waals surface area contributed by atoms with Crippen LogP contribution in [-0.2, 0) is 4.79 Å². The third-order valence-corrected chi connectivity index (χ3v) is 5.70. The van der Waals surface area contributed by atoms with Crippen LogP contribution in [0.2, 0.25) is 0 Å². The van der Waals surface area contributed by atoms with Gasteiger partial charge in [0.15, 0.2) is 0 Å². The average Bonchev–Trinajstić information content (AvgIpc) is 3.18. The van der Waals surface area contributed by atoms with Crippen molar-refractivity contribution in [1.29, 1.82) is 0 Å². The topological polar surface area (TPSA) is 52.6 Å². The number of hydrogen-bond acceptors (Lipinski definition) is 4. The zero-order valence-corrected chi connectivity index (χ0v) is 11.5. The van der Waals surface area contributed by atoms with E-state index in [1.807, 2.05) is 4.90 Å². The van der Waals surface area contributed by atoms with E-state index in [1.54, 1.807) is 11.8 Å². The molecule has 0 bridgehead atoms. The van der Waals surface area contributed by atoms with Gasteiger partial charge in [0.25, 0.3) is 0 Å². The summed E-state index contributed by atoms with van der Waals surface area (Å²) in [4.78, 5) is 13.8. The van der Waals surface area contributed by atoms with E-state index in [1.165, 1.54) is 12.8 Å². The van der Waals surface area contributed by atoms with Gasteiger partial charge in [-0.25, -0.2) is 0 Å². The van der Waals surface area contributed by atoms with E-state index >= 15 is 0 Å². The number of piperidine rings is 1. The van der Waals surface area contributed by atoms with Crippen LogP contribution in [-0.4, -0.2) is 58.7 Å². The van der Waals surface area contributed by atoms with Crippen LogP contribution in [0.3, 0.4) is 0 Å². The molecule has 0 spiro atoms. The lowest BCUT2D eigenvalue weighted by Crippen LogP contribution is -2.65. The van der Waals surface area contributed by atoms with Crippen molar-refractivity contribution in [2.24, 2.45) is 5.92 Å². The maximum atomic E-state index is 12.0. The molecule has 4 nitrogen and oxygen atoms in total. The van der Waals surface area contributed by atoms with Gasteiger partial charge in [-0.1, -0.05) is 0 Å². The van der Waals surface area contributed by atoms with E-state index in [9.17, 15) is 9.90 Å². The van der Waals surface area contributed by atoms with Crippen LogP contribution in [0.25, 0.3) is 0 Å². The van der Waals surface area contributed by atoms with E-state index < -0.39 is 5.60 Å². The summed E-state index contributed by atoms with van der Waals surface area (Å²) < 4.78 is 0. The molecule has 0 aromatic heterocycles. The Bertz CT molecular complexity index is 321. The largest absolute Gasteiger partial charge is 0.386 e. The number of likely N-dealkylation sites (tertiary alicyclic amines) is 1. The maximum absolute atomic E-state index is 12.0. The highest BCUT2D eigenvalue weighted by atomic mass is 32.2. The van der Waals surface area contributed by atoms with Crippen LogP contribution >= 0.6 is 11.8 Å². The molecule has 1 amide bonds. The van der Waals surface area contributed by atoms with E-state index in [-0.39, 0.29) is 5.91 Å². The molecular weight excluding hydrogens is 248 g/mol. The molecule has 5 heteroatoms. The molecule has 18 heavy (non-hydrogen) atoms. The van der Waals surface area contributed by atoms with Crippen LogP contribution < -0.4 is 5.32 Å². The fraction of sp³-hybridized carbons (Fsp3) is 0.923. The summed E-state index contributed by atoms with van der Waals surface area (Å²) >= 11 is 1.79. The molecule has 2 N–H and O–H groups in total. The van der Waals surface area contributed by atoms with Crippen molar-refractivity contribution in [2.45, 2.75) is 36.5 Å². The second-order valence-corrected chi connectivity index (χ2v) is 7.18. The summed E-state index contributed by atoms with van der Waals surface area (Å²) in [5.74, 6) is 1.27. The van der Waals surface area contributed by atoms with Gasteiger partial charge in [0, 0.05) is 5.25 Å². The minimum atomic E-state index is -0.533. The van der Waals surface area contributed by atoms with Crippen molar-refractivity contribution in [2.75, 3.05) is 31.9 Å². The molecular formula is C13H22N2O2S. The van der Waals surface area contributed by atoms with Crippen LogP contribution in [0.15, 0.2) is 0 Å². The maximum Gasteiger partial charge on any atom is 0.232 e. The van der Waals surface area contributed by atoms with Gasteiger partial charge >= 0.3 is 0 Å². The second kappa shape index (κ2) is 5.02. The lowest BCUT2D eigenvalue weighted by molar-refractivity contribution is -0.156. The molecule has 3 rings (SSSR count). The zero-order chi connectivity index (χ0) is 12.6. The summed E-state index contributed by atoms with van der Waals surface area (Å²) in [6, 6.07) is 0. The third-order valence-electron chi connectivity index (χ3n) is 4.35. The van der Waals surface area contributed by atoms with Crippen molar-refractivity contribution >= 4 is 17.7 Å². The second-order valence-electron chi connectivity index (χ2n) is 5.89. The molecule has 102 valence electrons. The van der Waals surface area contributed by atoms with Crippen LogP contribution in [0.4, 0.5) is 0 Å². The lowest BCUT2D eigenvalue weighted by Gasteiger charge is -2.47. The van der Waals surface area contributed by atoms with Crippen molar-refractivity contribution in [1.82, 2.24) is 10.2 Å². The highest BCUT2D eigenvalue weighted by molar-refractivity contribution is 8.00. The Morgan fingerprint density at radius 2 is 1.94 bits per heavy atom. The number of thioether (sulfide) groups is 1. The molecule has 0 aromatic carbocycles. The number of carbonyl (C=O) groups is 1. The Balaban J connectivity index is 1.37. The number of hydrogen-bond donors (Lipinski definition) is 2. The van der Waals surface area contributed by atoms with Gasteiger partial charge in [-0.2, -0.15) is 0 Å². The lowest BCUT2D eigenvalue weighted by atomic mass is 9.89. The molecule has 1 aliphatic carbocycles. The van der Waals surface area contributed by atoms with Crippen molar-refractivity contribution in [3.05, 3.63) is 0 Å². The number of amides is 1. The number of aliphatic hydroxyl groups is 1. The van der Waals surface area contributed by atoms with Gasteiger partial charge in [-0.3, -0.25) is 4.79 Å². The minimum Gasteiger partial charge on any atom is -0.386 e. The summed E-state index contributed by atoms with van der Waals surface area (Å²) in [6.07, 6.45) is 4.62. The van der Waals surface area contributed by atoms with Gasteiger partial charge in [0.05, 0.1) is 18.8 Å². The molecule has 0 atom stereocenters. The molecule has 3 fully saturated rings. The predicted octanol–water partition coefficient (Wildman–Crippen LogP) is 0.455. The number of rotatable bonds is 4. The predicted molar refractivity (Wildman–Crippen MR) is 72.6 cm³/mol. The normalized spacial score (nSPS) is 27.9. The van der Waals surface area contributed by atoms with E-state index in [4.69, 9.17) is 0 Å². The van der Waals surface area contributed by atoms with Gasteiger partial charge in [0.2, 0.25) is 5.91 Å². The SMILES string of the molecule is O=C(CSC1CCNCC1)N1CC(O)(C2CC2)C1. The molecule has 3 aliphatic rings. The van der Waals surface area contributed by atoms with Crippen molar-refractivity contribution in [3.8, 4) is 0 Å². The summed E-state index contributed by atoms with van der Waals surface area (Å²) in [5.41, 5.74) is -0.533. The Morgan fingerprint density at radius 3 is 2.56 bits per heavy atom. The first-order valence-electron chi connectivity index (χ1n) is 7.00. The first-order valence-corrected chi connectivity index (χ1v) is 8.05. The van der Waals surface area contributed by atoms with Crippen LogP contribution in [0, 0.1) is 5.92 Å². The Kier molecular flexibility index (Phi) is 3.56. The van der Waals surface area contributed by atoms with Crippen LogP contribution in [0.5, 0.6) is 0 Å². The highest BCUT2D eigenvalue weighted by Gasteiger charge is 2.53. The summed E-state index contributed by atoms with van der Waals surface area (Å²) in [6.45, 7) is 3.31. The van der Waals surface area contributed by atoms with Gasteiger partial charge < -0.3 is 15.3 Å². The standard InChI is InChI=1S/C13H22N2O2S/c16-12(7-18-11-3-5-14-6-4-11)15-8-13(17,9-15)10-1-2-10/h10-11,14,17H,1-9H2. The molecule has 2 saturated heterocycles. The molecule has 0 radical (unpaired) electrons. The molecule has 0 unspecified atom stereocenters. The molecule has 2 aliphatic heterocycles. The number of nitrogens with one attached hydrogen (secondary N) is 1. The monoisotopic (exact) mass is 270 g/mol. The van der Waals surface area contributed by atoms with Crippen molar-refractivity contribution in [3.63, 3.8) is 0 Å². The fourth-order valence-corrected chi connectivity index (χ4v) is 4.04. The minimum absolute atomic E-state index is 0.212. The van der Waals surface area contributed by atoms with E-state index in [0.717, 1.165) is 25.9 Å². The Morgan fingerprint density at radius 1 is 1.28 bits per heavy atom. The first kappa shape index (κ1) is 12.8. The van der Waals surface area contributed by atoms with E-state index in [0.29, 0.717) is 30.0 Å². The van der Waals surface area contributed by atoms with Gasteiger partial charge in [-0.05, 0) is 44.7 Å². The quantitative estimate of drug-likeness (QED) is 0.779. The fourth-order valence-electron chi connectivity index (χ4n) is 2.91. The smallest absolute Gasteiger partial charge is 0.232 e. The number of carbonyl (C=O) groups excluding carboxylic acids is 1. The zero-order valence-electron chi connectivity index (χ0n) is 10.7. The number of β-amino-alcohol motifs (C(OH)–C–C–N with tert-alkyl or cyclic N) is 1. The molecule has 0 aromatic rings. The number of nitrogens with zero attached hydrogens (tertiary/aromatic N) is 1. The third kappa shape index (κ3) is 2.68. The van der Waals surface area contributed by atoms with Gasteiger partial charge in [0.1, 0.15) is 5.60 Å². The van der Waals surface area contributed by atoms with Crippen LogP contribution in [0.1, 0.15) is 25.7 Å². The first-order chi connectivity index (χ1) is 8.67. The Hall–Kier alpha value is -0.260. The average molecular weight is 270 g/mol. The summed E-state index contributed by atoms with van der Waals surface area (Å²) in [7, 11) is 0. The molecule has 2 heterocycles.